The fourth-order valence-corrected chi connectivity index (χ4v) is 28.1. The fraction of sp³-hybridized carbons (Fsp3) is 0.438. The number of nitrogens with zero attached hydrogens (tertiary/aromatic N) is 4. The molecule has 11 rings (SSSR count). The summed E-state index contributed by atoms with van der Waals surface area (Å²) in [6.45, 7) is 14.3. The Balaban J connectivity index is 0.966. The van der Waals surface area contributed by atoms with Crippen molar-refractivity contribution in [3.63, 3.8) is 0 Å². The van der Waals surface area contributed by atoms with Crippen LogP contribution in [0.3, 0.4) is 0 Å². The second kappa shape index (κ2) is 25.5. The van der Waals surface area contributed by atoms with E-state index in [1.165, 1.54) is 232 Å². The van der Waals surface area contributed by atoms with Crippen molar-refractivity contribution in [3.8, 4) is 71.0 Å². The molecule has 0 saturated heterocycles. The predicted molar refractivity (Wildman–Crippen MR) is 351 cm³/mol. The molecule has 0 saturated carbocycles. The molecular weight excluding hydrogens is 1110 g/mol. The highest BCUT2D eigenvalue weighted by molar-refractivity contribution is 7.32. The van der Waals surface area contributed by atoms with Gasteiger partial charge < -0.3 is 0 Å². The first-order valence-corrected chi connectivity index (χ1v) is 37.8. The number of aryl methyl sites for hydroxylation is 2. The molecule has 8 aromatic heterocycles. The zero-order chi connectivity index (χ0) is 52.9. The molecule has 2 unspecified atom stereocenters. The summed E-state index contributed by atoms with van der Waals surface area (Å²) in [5.74, 6) is 1.42. The maximum Gasteiger partial charge on any atom is 0.122 e. The Morgan fingerprint density at radius 3 is 1.12 bits per heavy atom. The lowest BCUT2D eigenvalue weighted by molar-refractivity contribution is 0.469. The van der Waals surface area contributed by atoms with Crippen LogP contribution in [0, 0.1) is 11.8 Å². The van der Waals surface area contributed by atoms with Crippen molar-refractivity contribution in [3.05, 3.63) is 94.7 Å². The van der Waals surface area contributed by atoms with Gasteiger partial charge >= 0.3 is 0 Å². The van der Waals surface area contributed by atoms with Crippen LogP contribution in [-0.4, -0.2) is 25.6 Å². The first-order valence-electron chi connectivity index (χ1n) is 29.0. The van der Waals surface area contributed by atoms with E-state index in [2.05, 4.69) is 126 Å². The minimum absolute atomic E-state index is 0.711. The minimum Gasteiger partial charge on any atom is -0.172 e. The molecule has 13 heteroatoms. The van der Waals surface area contributed by atoms with Crippen LogP contribution in [0.25, 0.3) is 93.1 Å². The van der Waals surface area contributed by atoms with Gasteiger partial charge in [0.25, 0.3) is 0 Å². The molecule has 9 heterocycles. The molecule has 10 aromatic rings. The Hall–Kier alpha value is -3.50. The van der Waals surface area contributed by atoms with E-state index in [0.717, 1.165) is 22.1 Å². The summed E-state index contributed by atoms with van der Waals surface area (Å²) in [7, 11) is -2.32. The van der Waals surface area contributed by atoms with Crippen LogP contribution in [0.4, 0.5) is 0 Å². The number of hydrogen-bond donors (Lipinski definition) is 0. The van der Waals surface area contributed by atoms with E-state index in [1.54, 1.807) is 10.4 Å². The third-order valence-electron chi connectivity index (χ3n) is 16.5. The van der Waals surface area contributed by atoms with E-state index in [9.17, 15) is 0 Å². The van der Waals surface area contributed by atoms with Crippen molar-refractivity contribution in [2.24, 2.45) is 11.8 Å². The molecule has 2 aromatic carbocycles. The van der Waals surface area contributed by atoms with Gasteiger partial charge in [-0.05, 0) is 121 Å². The van der Waals surface area contributed by atoms with Gasteiger partial charge in [-0.25, -0.2) is 0 Å². The maximum atomic E-state index is 5.12. The van der Waals surface area contributed by atoms with Gasteiger partial charge in [-0.1, -0.05) is 156 Å². The highest BCUT2D eigenvalue weighted by Crippen LogP contribution is 2.52. The van der Waals surface area contributed by atoms with Crippen molar-refractivity contribution in [1.82, 2.24) is 17.5 Å². The largest absolute Gasteiger partial charge is 0.172 e. The molecule has 1 aliphatic heterocycles. The summed E-state index contributed by atoms with van der Waals surface area (Å²) >= 11 is 14.5. The number of hydrogen-bond acceptors (Lipinski definition) is 12. The molecule has 2 atom stereocenters. The van der Waals surface area contributed by atoms with Gasteiger partial charge in [0, 0.05) is 80.8 Å². The van der Waals surface area contributed by atoms with Gasteiger partial charge in [0.1, 0.15) is 30.1 Å². The zero-order valence-electron chi connectivity index (χ0n) is 45.9. The molecule has 0 aliphatic carbocycles. The van der Waals surface area contributed by atoms with E-state index in [1.807, 2.05) is 68.0 Å². The lowest BCUT2D eigenvalue weighted by Gasteiger charge is -2.35. The monoisotopic (exact) mass is 1180 g/mol. The van der Waals surface area contributed by atoms with E-state index < -0.39 is 8.07 Å². The van der Waals surface area contributed by atoms with Gasteiger partial charge in [-0.15, -0.1) is 68.0 Å². The van der Waals surface area contributed by atoms with Gasteiger partial charge in [-0.2, -0.15) is 17.5 Å². The van der Waals surface area contributed by atoms with Crippen LogP contribution < -0.4 is 10.4 Å². The molecular formula is C64H74N4S8Si. The summed E-state index contributed by atoms with van der Waals surface area (Å²) in [5.41, 5.74) is 9.04. The molecule has 0 spiro atoms. The van der Waals surface area contributed by atoms with E-state index in [0.29, 0.717) is 11.8 Å². The second-order valence-corrected chi connectivity index (χ2v) is 33.5. The third-order valence-corrected chi connectivity index (χ3v) is 30.8. The Morgan fingerprint density at radius 1 is 0.364 bits per heavy atom. The van der Waals surface area contributed by atoms with Gasteiger partial charge in [-0.3, -0.25) is 0 Å². The number of unbranched alkanes of at least 4 members (excludes halogenated alkanes) is 8. The van der Waals surface area contributed by atoms with Gasteiger partial charge in [0.2, 0.25) is 0 Å². The molecule has 0 amide bonds. The average Bonchev–Trinajstić information content (AvgIpc) is 4.45. The maximum absolute atomic E-state index is 5.12. The third kappa shape index (κ3) is 11.6. The fourth-order valence-electron chi connectivity index (χ4n) is 12.1. The summed E-state index contributed by atoms with van der Waals surface area (Å²) in [4.78, 5) is 16.8. The molecule has 4 nitrogen and oxygen atoms in total. The lowest BCUT2D eigenvalue weighted by Crippen LogP contribution is -2.56. The van der Waals surface area contributed by atoms with Crippen LogP contribution >= 0.6 is 91.5 Å². The lowest BCUT2D eigenvalue weighted by atomic mass is 10.0. The van der Waals surface area contributed by atoms with Crippen LogP contribution in [0.5, 0.6) is 0 Å². The Kier molecular flexibility index (Phi) is 18.4. The summed E-state index contributed by atoms with van der Waals surface area (Å²) in [6, 6.07) is 36.2. The summed E-state index contributed by atoms with van der Waals surface area (Å²) < 4.78 is 20.4. The Morgan fingerprint density at radius 2 is 0.727 bits per heavy atom. The van der Waals surface area contributed by atoms with Crippen LogP contribution in [0.1, 0.15) is 154 Å². The van der Waals surface area contributed by atoms with E-state index >= 15 is 0 Å². The normalized spacial score (nSPS) is 13.8. The predicted octanol–water partition coefficient (Wildman–Crippen LogP) is 22.3. The van der Waals surface area contributed by atoms with E-state index in [-0.39, 0.29) is 0 Å². The average molecular weight is 1180 g/mol. The van der Waals surface area contributed by atoms with Crippen molar-refractivity contribution < 1.29 is 0 Å². The van der Waals surface area contributed by atoms with Gasteiger partial charge in [0.15, 0.2) is 0 Å². The van der Waals surface area contributed by atoms with Crippen molar-refractivity contribution in [2.75, 3.05) is 0 Å². The van der Waals surface area contributed by atoms with Gasteiger partial charge in [0.05, 0.1) is 23.5 Å². The minimum atomic E-state index is -2.32. The summed E-state index contributed by atoms with van der Waals surface area (Å²) in [5, 5.41) is 3.41. The quantitative estimate of drug-likeness (QED) is 0.0362. The van der Waals surface area contributed by atoms with E-state index in [4.69, 9.17) is 17.5 Å². The highest BCUT2D eigenvalue weighted by Gasteiger charge is 2.50. The molecule has 402 valence electrons. The van der Waals surface area contributed by atoms with Crippen LogP contribution in [-0.2, 0) is 12.8 Å². The molecule has 0 fully saturated rings. The number of fused-ring (bicyclic) bond motifs is 5. The number of thiophene rings is 6. The van der Waals surface area contributed by atoms with Crippen LogP contribution in [0.15, 0.2) is 84.9 Å². The number of rotatable bonds is 28. The number of aromatic nitrogens is 4. The topological polar surface area (TPSA) is 51.6 Å². The summed E-state index contributed by atoms with van der Waals surface area (Å²) in [6.07, 6.45) is 23.0. The van der Waals surface area contributed by atoms with Crippen molar-refractivity contribution in [2.45, 2.75) is 169 Å². The first kappa shape index (κ1) is 55.4. The molecule has 1 aliphatic rings. The molecule has 0 bridgehead atoms. The smallest absolute Gasteiger partial charge is 0.122 e. The van der Waals surface area contributed by atoms with Crippen molar-refractivity contribution >= 4 is 132 Å². The Bertz CT molecular complexity index is 3300. The standard InChI is InChI=1S/C64H74N4S8Si/c1-7-13-17-19-23-43-25-31-51(69-43)53-35-33-49(71-53)45-27-29-47(61-59(45)65-75-67-61)55-37-57-63(73-55)64-58(77(57,39-41(11-5)21-15-9-3)40-42(12-6)22-16-10-4)38-56(74-64)48-30-28-46(60-62(48)68-76-66-60)50-34-36-54(72-50)52-32-26-44(70-52)24-20-18-14-8-2/h25-38,41-42H,7-24,39-40H2,1-6H3. The molecule has 0 radical (unpaired) electrons. The first-order chi connectivity index (χ1) is 37.9. The zero-order valence-corrected chi connectivity index (χ0v) is 53.5. The Labute approximate surface area is 491 Å². The second-order valence-electron chi connectivity index (χ2n) is 21.8. The molecule has 0 N–H and O–H groups in total. The van der Waals surface area contributed by atoms with Crippen LogP contribution in [0.2, 0.25) is 12.1 Å². The molecule has 77 heavy (non-hydrogen) atoms. The SMILES string of the molecule is CCCCCCc1ccc(-c2ccc(-c3ccc(-c4cc5c(s4)-c4sc(-c6ccc(-c7ccc(-c8ccc(CCCCCC)s8)s7)c7nsnc67)cc4[Si]5(CC(CC)CCCC)CC(CC)CCCC)c4nsnc34)s2)s1. The van der Waals surface area contributed by atoms with Crippen molar-refractivity contribution in [1.29, 1.82) is 0 Å². The number of benzene rings is 2. The highest BCUT2D eigenvalue weighted by atomic mass is 32.1.